The summed E-state index contributed by atoms with van der Waals surface area (Å²) in [6, 6.07) is 16.4. The predicted octanol–water partition coefficient (Wildman–Crippen LogP) is 4.33. The second kappa shape index (κ2) is 6.93. The molecule has 2 amide bonds. The van der Waals surface area contributed by atoms with Gasteiger partial charge in [-0.15, -0.1) is 0 Å². The smallest absolute Gasteiger partial charge is 0.240 e. The van der Waals surface area contributed by atoms with Gasteiger partial charge in [0.2, 0.25) is 17.6 Å². The fourth-order valence-corrected chi connectivity index (χ4v) is 5.48. The Hall–Kier alpha value is -3.64. The van der Waals surface area contributed by atoms with E-state index in [1.807, 2.05) is 41.4 Å². The molecule has 158 valence electrons. The van der Waals surface area contributed by atoms with E-state index < -0.39 is 29.8 Å². The number of imide groups is 1. The second-order valence-electron chi connectivity index (χ2n) is 8.17. The number of hydrogen-bond acceptors (Lipinski definition) is 5. The Labute approximate surface area is 188 Å². The molecule has 0 spiro atoms. The van der Waals surface area contributed by atoms with Crippen LogP contribution in [0.4, 0.5) is 5.69 Å². The average molecular weight is 445 g/mol. The average Bonchev–Trinajstić information content (AvgIpc) is 3.50. The lowest BCUT2D eigenvalue weighted by molar-refractivity contribution is -0.123. The van der Waals surface area contributed by atoms with E-state index in [9.17, 15) is 14.4 Å². The van der Waals surface area contributed by atoms with Crippen molar-refractivity contribution in [1.29, 1.82) is 0 Å². The molecule has 1 aromatic heterocycles. The number of carbonyl (C=O) groups excluding carboxylic acids is 3. The molecular formula is C25H17ClN2O4. The van der Waals surface area contributed by atoms with Gasteiger partial charge in [0.25, 0.3) is 0 Å². The van der Waals surface area contributed by atoms with Crippen LogP contribution in [0.2, 0.25) is 5.02 Å². The van der Waals surface area contributed by atoms with Crippen molar-refractivity contribution >= 4 is 41.0 Å². The van der Waals surface area contributed by atoms with Crippen LogP contribution >= 0.6 is 11.6 Å². The summed E-state index contributed by atoms with van der Waals surface area (Å²) in [5, 5.41) is 0.427. The third-order valence-corrected chi connectivity index (χ3v) is 6.80. The normalized spacial score (nSPS) is 25.7. The molecule has 2 aromatic carbocycles. The molecule has 6 nitrogen and oxygen atoms in total. The van der Waals surface area contributed by atoms with E-state index in [0.29, 0.717) is 10.7 Å². The Bertz CT molecular complexity index is 1300. The fourth-order valence-electron chi connectivity index (χ4n) is 5.29. The summed E-state index contributed by atoms with van der Waals surface area (Å²) >= 11 is 6.13. The minimum absolute atomic E-state index is 0.170. The van der Waals surface area contributed by atoms with Gasteiger partial charge in [-0.3, -0.25) is 14.4 Å². The van der Waals surface area contributed by atoms with Gasteiger partial charge in [-0.05, 0) is 47.5 Å². The summed E-state index contributed by atoms with van der Waals surface area (Å²) < 4.78 is 5.37. The molecular weight excluding hydrogens is 428 g/mol. The van der Waals surface area contributed by atoms with Gasteiger partial charge in [-0.1, -0.05) is 41.9 Å². The predicted molar refractivity (Wildman–Crippen MR) is 118 cm³/mol. The minimum Gasteiger partial charge on any atom is -0.461 e. The van der Waals surface area contributed by atoms with Crippen LogP contribution < -0.4 is 4.90 Å². The van der Waals surface area contributed by atoms with E-state index in [0.717, 1.165) is 11.1 Å². The quantitative estimate of drug-likeness (QED) is 0.444. The van der Waals surface area contributed by atoms with Crippen LogP contribution in [0.3, 0.4) is 0 Å². The Kier molecular flexibility index (Phi) is 4.13. The van der Waals surface area contributed by atoms with Crippen molar-refractivity contribution in [2.45, 2.75) is 12.1 Å². The standard InChI is InChI=1S/C25H17ClN2O4/c26-15-6-3-7-16(13-15)28-24(30)19-20(25(28)31)22(23(29)18-9-4-12-32-18)27-11-10-14-5-1-2-8-17(14)21(19)27/h1-13,19-22H/t19-,20-,21-,22+/m1/s1. The van der Waals surface area contributed by atoms with Crippen molar-refractivity contribution in [3.63, 3.8) is 0 Å². The van der Waals surface area contributed by atoms with Gasteiger partial charge in [0.15, 0.2) is 5.76 Å². The van der Waals surface area contributed by atoms with Gasteiger partial charge in [-0.25, -0.2) is 4.90 Å². The van der Waals surface area contributed by atoms with Crippen LogP contribution in [-0.4, -0.2) is 28.5 Å². The number of halogens is 1. The molecule has 3 aromatic rings. The van der Waals surface area contributed by atoms with Gasteiger partial charge < -0.3 is 9.32 Å². The zero-order chi connectivity index (χ0) is 22.0. The lowest BCUT2D eigenvalue weighted by atomic mass is 9.84. The van der Waals surface area contributed by atoms with Crippen molar-refractivity contribution in [3.05, 3.63) is 95.0 Å². The maximum absolute atomic E-state index is 13.7. The van der Waals surface area contributed by atoms with E-state index in [4.69, 9.17) is 16.0 Å². The molecule has 3 aliphatic rings. The first-order valence-corrected chi connectivity index (χ1v) is 10.7. The number of amides is 2. The SMILES string of the molecule is O=C(c1ccco1)[C@@H]1[C@@H]2C(=O)N(c3cccc(Cl)c3)C(=O)[C@H]2[C@H]2c3ccccc3C=CN12. The van der Waals surface area contributed by atoms with Gasteiger partial charge in [-0.2, -0.15) is 0 Å². The molecule has 32 heavy (non-hydrogen) atoms. The largest absolute Gasteiger partial charge is 0.461 e. The number of carbonyl (C=O) groups is 3. The molecule has 0 N–H and O–H groups in total. The van der Waals surface area contributed by atoms with Crippen LogP contribution in [0, 0.1) is 11.8 Å². The first-order chi connectivity index (χ1) is 15.6. The molecule has 7 heteroatoms. The number of ketones is 1. The van der Waals surface area contributed by atoms with Gasteiger partial charge in [0.05, 0.1) is 29.8 Å². The van der Waals surface area contributed by atoms with Crippen LogP contribution in [0.25, 0.3) is 6.08 Å². The van der Waals surface area contributed by atoms with E-state index in [2.05, 4.69) is 0 Å². The molecule has 0 saturated carbocycles. The third kappa shape index (κ3) is 2.56. The van der Waals surface area contributed by atoms with Crippen LogP contribution in [0.1, 0.15) is 27.7 Å². The monoisotopic (exact) mass is 444 g/mol. The maximum atomic E-state index is 13.7. The number of anilines is 1. The second-order valence-corrected chi connectivity index (χ2v) is 8.60. The van der Waals surface area contributed by atoms with Crippen LogP contribution in [0.5, 0.6) is 0 Å². The highest BCUT2D eigenvalue weighted by molar-refractivity contribution is 6.31. The van der Waals surface area contributed by atoms with Crippen LogP contribution in [0.15, 0.2) is 77.5 Å². The molecule has 6 rings (SSSR count). The summed E-state index contributed by atoms with van der Waals surface area (Å²) in [7, 11) is 0. The number of furan rings is 1. The minimum atomic E-state index is -0.846. The molecule has 3 aliphatic heterocycles. The van der Waals surface area contributed by atoms with E-state index in [1.165, 1.54) is 11.2 Å². The van der Waals surface area contributed by atoms with Crippen molar-refractivity contribution in [3.8, 4) is 0 Å². The number of fused-ring (bicyclic) bond motifs is 5. The van der Waals surface area contributed by atoms with Crippen molar-refractivity contribution < 1.29 is 18.8 Å². The van der Waals surface area contributed by atoms with Crippen molar-refractivity contribution in [2.24, 2.45) is 11.8 Å². The Morgan fingerprint density at radius 3 is 2.53 bits per heavy atom. The number of nitrogens with zero attached hydrogens (tertiary/aromatic N) is 2. The Morgan fingerprint density at radius 2 is 1.75 bits per heavy atom. The first kappa shape index (κ1) is 19.1. The summed E-state index contributed by atoms with van der Waals surface area (Å²) in [5.74, 6) is -2.39. The van der Waals surface area contributed by atoms with E-state index in [1.54, 1.807) is 36.4 Å². The topological polar surface area (TPSA) is 70.8 Å². The van der Waals surface area contributed by atoms with E-state index >= 15 is 0 Å². The summed E-state index contributed by atoms with van der Waals surface area (Å²) in [5.41, 5.74) is 2.31. The molecule has 2 saturated heterocycles. The molecule has 0 bridgehead atoms. The molecule has 0 unspecified atom stereocenters. The number of Topliss-reactive ketones (excluding diaryl/α,β-unsaturated/α-hetero) is 1. The highest BCUT2D eigenvalue weighted by atomic mass is 35.5. The highest BCUT2D eigenvalue weighted by Gasteiger charge is 2.64. The number of benzene rings is 2. The zero-order valence-electron chi connectivity index (χ0n) is 16.7. The molecule has 4 heterocycles. The molecule has 2 fully saturated rings. The summed E-state index contributed by atoms with van der Waals surface area (Å²) in [4.78, 5) is 43.9. The van der Waals surface area contributed by atoms with Crippen LogP contribution in [-0.2, 0) is 9.59 Å². The molecule has 0 radical (unpaired) electrons. The molecule has 4 atom stereocenters. The summed E-state index contributed by atoms with van der Waals surface area (Å²) in [6.07, 6.45) is 5.17. The molecule has 0 aliphatic carbocycles. The lowest BCUT2D eigenvalue weighted by Crippen LogP contribution is -2.44. The van der Waals surface area contributed by atoms with Crippen molar-refractivity contribution in [2.75, 3.05) is 4.90 Å². The zero-order valence-corrected chi connectivity index (χ0v) is 17.5. The Morgan fingerprint density at radius 1 is 0.938 bits per heavy atom. The van der Waals surface area contributed by atoms with E-state index in [-0.39, 0.29) is 17.5 Å². The van der Waals surface area contributed by atoms with Crippen molar-refractivity contribution in [1.82, 2.24) is 4.90 Å². The Balaban J connectivity index is 1.51. The maximum Gasteiger partial charge on any atom is 0.240 e. The number of hydrogen-bond donors (Lipinski definition) is 0. The number of rotatable bonds is 3. The fraction of sp³-hybridized carbons (Fsp3) is 0.160. The van der Waals surface area contributed by atoms with Gasteiger partial charge in [0, 0.05) is 11.2 Å². The summed E-state index contributed by atoms with van der Waals surface area (Å²) in [6.45, 7) is 0. The highest BCUT2D eigenvalue weighted by Crippen LogP contribution is 2.53. The van der Waals surface area contributed by atoms with Gasteiger partial charge in [0.1, 0.15) is 6.04 Å². The first-order valence-electron chi connectivity index (χ1n) is 10.3. The third-order valence-electron chi connectivity index (χ3n) is 6.56. The van der Waals surface area contributed by atoms with Gasteiger partial charge >= 0.3 is 0 Å². The lowest BCUT2D eigenvalue weighted by Gasteiger charge is -2.35.